The number of rotatable bonds is 2. The van der Waals surface area contributed by atoms with Crippen LogP contribution < -0.4 is 0 Å². The van der Waals surface area contributed by atoms with Crippen molar-refractivity contribution in [2.75, 3.05) is 0 Å². The molecular formula is C12H12F2O2. The van der Waals surface area contributed by atoms with Crippen LogP contribution in [0.5, 0.6) is 0 Å². The fraction of sp³-hybridized carbons (Fsp3) is 0.417. The first-order valence-corrected chi connectivity index (χ1v) is 5.14. The lowest BCUT2D eigenvalue weighted by Gasteiger charge is -2.41. The van der Waals surface area contributed by atoms with Crippen molar-refractivity contribution in [3.8, 4) is 0 Å². The smallest absolute Gasteiger partial charge is 0.338 e. The van der Waals surface area contributed by atoms with E-state index in [1.165, 1.54) is 6.92 Å². The summed E-state index contributed by atoms with van der Waals surface area (Å²) in [6, 6.07) is 8.38. The molecule has 1 fully saturated rings. The third-order valence-electron chi connectivity index (χ3n) is 2.97. The quantitative estimate of drug-likeness (QED) is 0.725. The van der Waals surface area contributed by atoms with Gasteiger partial charge >= 0.3 is 5.97 Å². The van der Waals surface area contributed by atoms with Gasteiger partial charge in [-0.25, -0.2) is 13.6 Å². The number of benzene rings is 1. The number of carbonyl (C=O) groups is 1. The van der Waals surface area contributed by atoms with E-state index in [2.05, 4.69) is 0 Å². The van der Waals surface area contributed by atoms with Gasteiger partial charge in [-0.1, -0.05) is 25.1 Å². The van der Waals surface area contributed by atoms with Gasteiger partial charge in [0, 0.05) is 6.42 Å². The molecule has 0 bridgehead atoms. The fourth-order valence-electron chi connectivity index (χ4n) is 1.67. The molecule has 0 saturated heterocycles. The monoisotopic (exact) mass is 226 g/mol. The first kappa shape index (κ1) is 11.0. The van der Waals surface area contributed by atoms with Gasteiger partial charge in [-0.05, 0) is 12.1 Å². The van der Waals surface area contributed by atoms with Gasteiger partial charge in [0.05, 0.1) is 11.5 Å². The largest absolute Gasteiger partial charge is 0.458 e. The average Bonchev–Trinajstić information content (AvgIpc) is 2.29. The van der Waals surface area contributed by atoms with Gasteiger partial charge in [-0.3, -0.25) is 0 Å². The molecule has 1 aliphatic carbocycles. The van der Waals surface area contributed by atoms with Crippen LogP contribution in [0.3, 0.4) is 0 Å². The topological polar surface area (TPSA) is 26.3 Å². The van der Waals surface area contributed by atoms with Crippen LogP contribution in [0.2, 0.25) is 0 Å². The van der Waals surface area contributed by atoms with Crippen molar-refractivity contribution in [3.63, 3.8) is 0 Å². The van der Waals surface area contributed by atoms with E-state index in [9.17, 15) is 13.6 Å². The summed E-state index contributed by atoms with van der Waals surface area (Å²) < 4.78 is 30.7. The highest BCUT2D eigenvalue weighted by atomic mass is 19.3. The number of carbonyl (C=O) groups excluding carboxylic acids is 1. The van der Waals surface area contributed by atoms with E-state index >= 15 is 0 Å². The summed E-state index contributed by atoms with van der Waals surface area (Å²) in [5, 5.41) is 0. The Labute approximate surface area is 92.2 Å². The number of hydrogen-bond donors (Lipinski definition) is 0. The highest BCUT2D eigenvalue weighted by Gasteiger charge is 2.55. The maximum atomic E-state index is 12.8. The molecule has 0 radical (unpaired) electrons. The molecule has 1 saturated carbocycles. The molecule has 0 aromatic heterocycles. The predicted octanol–water partition coefficient (Wildman–Crippen LogP) is 2.89. The second-order valence-corrected chi connectivity index (χ2v) is 4.06. The zero-order valence-corrected chi connectivity index (χ0v) is 8.82. The summed E-state index contributed by atoms with van der Waals surface area (Å²) >= 11 is 0. The maximum Gasteiger partial charge on any atom is 0.338 e. The standard InChI is InChI=1S/C12H12F2O2/c1-8-10(7-12(8,13)14)16-11(15)9-5-3-2-4-6-9/h2-6,8,10H,7H2,1H3. The van der Waals surface area contributed by atoms with Gasteiger partial charge in [-0.15, -0.1) is 0 Å². The maximum absolute atomic E-state index is 12.8. The van der Waals surface area contributed by atoms with Crippen LogP contribution >= 0.6 is 0 Å². The highest BCUT2D eigenvalue weighted by Crippen LogP contribution is 2.45. The second-order valence-electron chi connectivity index (χ2n) is 4.06. The summed E-state index contributed by atoms with van der Waals surface area (Å²) in [4.78, 5) is 11.5. The molecule has 0 N–H and O–H groups in total. The van der Waals surface area contributed by atoms with Crippen molar-refractivity contribution in [2.45, 2.75) is 25.4 Å². The molecular weight excluding hydrogens is 214 g/mol. The molecule has 1 aliphatic rings. The van der Waals surface area contributed by atoms with Crippen molar-refractivity contribution in [1.29, 1.82) is 0 Å². The lowest BCUT2D eigenvalue weighted by Crippen LogP contribution is -2.51. The minimum Gasteiger partial charge on any atom is -0.458 e. The van der Waals surface area contributed by atoms with E-state index in [0.717, 1.165) is 0 Å². The molecule has 2 atom stereocenters. The molecule has 0 spiro atoms. The van der Waals surface area contributed by atoms with E-state index in [1.807, 2.05) is 0 Å². The molecule has 2 nitrogen and oxygen atoms in total. The van der Waals surface area contributed by atoms with Gasteiger partial charge in [0.15, 0.2) is 0 Å². The van der Waals surface area contributed by atoms with Crippen LogP contribution in [0, 0.1) is 5.92 Å². The van der Waals surface area contributed by atoms with Crippen LogP contribution in [0.25, 0.3) is 0 Å². The Bertz CT molecular complexity index is 389. The van der Waals surface area contributed by atoms with Crippen molar-refractivity contribution >= 4 is 5.97 Å². The Kier molecular flexibility index (Phi) is 2.66. The SMILES string of the molecule is CC1C(OC(=O)c2ccccc2)CC1(F)F. The zero-order chi connectivity index (χ0) is 11.8. The van der Waals surface area contributed by atoms with Crippen molar-refractivity contribution < 1.29 is 18.3 Å². The minimum atomic E-state index is -2.69. The molecule has 2 rings (SSSR count). The highest BCUT2D eigenvalue weighted by molar-refractivity contribution is 5.89. The number of hydrogen-bond acceptors (Lipinski definition) is 2. The molecule has 1 aromatic rings. The molecule has 2 unspecified atom stereocenters. The average molecular weight is 226 g/mol. The zero-order valence-electron chi connectivity index (χ0n) is 8.82. The Morgan fingerprint density at radius 3 is 2.50 bits per heavy atom. The molecule has 0 amide bonds. The van der Waals surface area contributed by atoms with Crippen LogP contribution in [0.4, 0.5) is 8.78 Å². The number of halogens is 2. The summed E-state index contributed by atoms with van der Waals surface area (Å²) in [7, 11) is 0. The van der Waals surface area contributed by atoms with Gasteiger partial charge in [0.25, 0.3) is 5.92 Å². The first-order valence-electron chi connectivity index (χ1n) is 5.14. The number of ether oxygens (including phenoxy) is 1. The van der Waals surface area contributed by atoms with E-state index in [-0.39, 0.29) is 6.42 Å². The van der Waals surface area contributed by atoms with Crippen molar-refractivity contribution in [3.05, 3.63) is 35.9 Å². The summed E-state index contributed by atoms with van der Waals surface area (Å²) in [6.07, 6.45) is -1.03. The van der Waals surface area contributed by atoms with E-state index in [0.29, 0.717) is 5.56 Å². The fourth-order valence-corrected chi connectivity index (χ4v) is 1.67. The second kappa shape index (κ2) is 3.85. The van der Waals surface area contributed by atoms with Crippen LogP contribution in [-0.4, -0.2) is 18.0 Å². The van der Waals surface area contributed by atoms with Gasteiger partial charge < -0.3 is 4.74 Å². The molecule has 0 heterocycles. The van der Waals surface area contributed by atoms with Gasteiger partial charge in [0.1, 0.15) is 6.10 Å². The molecule has 4 heteroatoms. The minimum absolute atomic E-state index is 0.368. The lowest BCUT2D eigenvalue weighted by atomic mass is 9.79. The molecule has 1 aromatic carbocycles. The number of alkyl halides is 2. The first-order chi connectivity index (χ1) is 7.50. The predicted molar refractivity (Wildman–Crippen MR) is 54.4 cm³/mol. The van der Waals surface area contributed by atoms with Crippen molar-refractivity contribution in [1.82, 2.24) is 0 Å². The Morgan fingerprint density at radius 2 is 2.00 bits per heavy atom. The third-order valence-corrected chi connectivity index (χ3v) is 2.97. The lowest BCUT2D eigenvalue weighted by molar-refractivity contribution is -0.196. The van der Waals surface area contributed by atoms with Crippen LogP contribution in [0.1, 0.15) is 23.7 Å². The Morgan fingerprint density at radius 1 is 1.38 bits per heavy atom. The third kappa shape index (κ3) is 1.92. The normalized spacial score (nSPS) is 26.9. The Hall–Kier alpha value is -1.45. The molecule has 16 heavy (non-hydrogen) atoms. The molecule has 86 valence electrons. The molecule has 0 aliphatic heterocycles. The van der Waals surface area contributed by atoms with Crippen LogP contribution in [-0.2, 0) is 4.74 Å². The van der Waals surface area contributed by atoms with E-state index in [4.69, 9.17) is 4.74 Å². The van der Waals surface area contributed by atoms with Gasteiger partial charge in [0.2, 0.25) is 0 Å². The van der Waals surface area contributed by atoms with Crippen LogP contribution in [0.15, 0.2) is 30.3 Å². The van der Waals surface area contributed by atoms with Gasteiger partial charge in [-0.2, -0.15) is 0 Å². The van der Waals surface area contributed by atoms with Crippen molar-refractivity contribution in [2.24, 2.45) is 5.92 Å². The Balaban J connectivity index is 1.95. The van der Waals surface area contributed by atoms with E-state index < -0.39 is 23.9 Å². The summed E-state index contributed by atoms with van der Waals surface area (Å²) in [5.74, 6) is -4.12. The summed E-state index contributed by atoms with van der Waals surface area (Å²) in [6.45, 7) is 1.40. The van der Waals surface area contributed by atoms with E-state index in [1.54, 1.807) is 30.3 Å². The summed E-state index contributed by atoms with van der Waals surface area (Å²) in [5.41, 5.74) is 0.393. The number of esters is 1.